The highest BCUT2D eigenvalue weighted by Gasteiger charge is 2.09. The summed E-state index contributed by atoms with van der Waals surface area (Å²) in [6.07, 6.45) is 0. The van der Waals surface area contributed by atoms with Gasteiger partial charge in [-0.15, -0.1) is 0 Å². The average Bonchev–Trinajstić information content (AvgIpc) is 2.17. The highest BCUT2D eigenvalue weighted by atomic mass is 35.5. The zero-order valence-corrected chi connectivity index (χ0v) is 9.12. The summed E-state index contributed by atoms with van der Waals surface area (Å²) >= 11 is 6.11. The van der Waals surface area contributed by atoms with Crippen molar-refractivity contribution in [3.8, 4) is 16.9 Å². The van der Waals surface area contributed by atoms with Crippen LogP contribution in [0.25, 0.3) is 11.1 Å². The van der Waals surface area contributed by atoms with E-state index in [-0.39, 0.29) is 5.75 Å². The fourth-order valence-corrected chi connectivity index (χ4v) is 1.99. The average molecular weight is 219 g/mol. The van der Waals surface area contributed by atoms with Crippen LogP contribution < -0.4 is 0 Å². The quantitative estimate of drug-likeness (QED) is 0.767. The first-order valence-corrected chi connectivity index (χ1v) is 5.11. The molecule has 15 heavy (non-hydrogen) atoms. The Labute approximate surface area is 94.0 Å². The molecule has 2 aromatic carbocycles. The molecular weight excluding hydrogens is 208 g/mol. The van der Waals surface area contributed by atoms with E-state index in [1.54, 1.807) is 6.07 Å². The number of aromatic hydroxyl groups is 1. The molecule has 0 aliphatic rings. The summed E-state index contributed by atoms with van der Waals surface area (Å²) in [4.78, 5) is 0. The summed E-state index contributed by atoms with van der Waals surface area (Å²) in [7, 11) is 0. The summed E-state index contributed by atoms with van der Waals surface area (Å²) in [5, 5.41) is 10.4. The Hall–Kier alpha value is -1.47. The van der Waals surface area contributed by atoms with Crippen LogP contribution in [0.3, 0.4) is 0 Å². The Morgan fingerprint density at radius 1 is 1.07 bits per heavy atom. The van der Waals surface area contributed by atoms with Gasteiger partial charge in [0.25, 0.3) is 0 Å². The molecule has 0 saturated carbocycles. The zero-order valence-electron chi connectivity index (χ0n) is 8.37. The number of aryl methyl sites for hydroxylation is 1. The maximum absolute atomic E-state index is 9.84. The Morgan fingerprint density at radius 3 is 2.33 bits per heavy atom. The molecule has 2 heteroatoms. The van der Waals surface area contributed by atoms with Crippen LogP contribution in [0.15, 0.2) is 42.5 Å². The Morgan fingerprint density at radius 2 is 1.73 bits per heavy atom. The molecule has 76 valence electrons. The monoisotopic (exact) mass is 218 g/mol. The van der Waals surface area contributed by atoms with E-state index < -0.39 is 0 Å². The molecule has 0 heterocycles. The fraction of sp³-hybridized carbons (Fsp3) is 0.0769. The minimum Gasteiger partial charge on any atom is -0.507 e. The van der Waals surface area contributed by atoms with Crippen LogP contribution in [-0.4, -0.2) is 5.11 Å². The number of hydrogen-bond donors (Lipinski definition) is 1. The summed E-state index contributed by atoms with van der Waals surface area (Å²) in [5.74, 6) is 0.228. The van der Waals surface area contributed by atoms with E-state index in [0.717, 1.165) is 11.1 Å². The van der Waals surface area contributed by atoms with Crippen LogP contribution in [-0.2, 0) is 0 Å². The highest BCUT2D eigenvalue weighted by molar-refractivity contribution is 6.33. The van der Waals surface area contributed by atoms with Gasteiger partial charge in [0.2, 0.25) is 0 Å². The second-order valence-corrected chi connectivity index (χ2v) is 3.91. The van der Waals surface area contributed by atoms with Crippen LogP contribution in [0.2, 0.25) is 5.02 Å². The zero-order chi connectivity index (χ0) is 10.8. The second-order valence-electron chi connectivity index (χ2n) is 3.51. The summed E-state index contributed by atoms with van der Waals surface area (Å²) < 4.78 is 0. The SMILES string of the molecule is Cc1cc(O)c(-c2ccccc2)c(Cl)c1. The van der Waals surface area contributed by atoms with Crippen molar-refractivity contribution < 1.29 is 5.11 Å². The molecular formula is C13H11ClO. The van der Waals surface area contributed by atoms with Crippen molar-refractivity contribution in [2.24, 2.45) is 0 Å². The van der Waals surface area contributed by atoms with E-state index in [9.17, 15) is 5.11 Å². The third-order valence-corrected chi connectivity index (χ3v) is 2.57. The van der Waals surface area contributed by atoms with Crippen molar-refractivity contribution in [2.75, 3.05) is 0 Å². The van der Waals surface area contributed by atoms with Gasteiger partial charge >= 0.3 is 0 Å². The van der Waals surface area contributed by atoms with Crippen LogP contribution >= 0.6 is 11.6 Å². The van der Waals surface area contributed by atoms with Crippen LogP contribution in [0, 0.1) is 6.92 Å². The fourth-order valence-electron chi connectivity index (χ4n) is 1.61. The van der Waals surface area contributed by atoms with Crippen molar-refractivity contribution in [3.63, 3.8) is 0 Å². The number of rotatable bonds is 1. The molecule has 0 unspecified atom stereocenters. The maximum atomic E-state index is 9.84. The maximum Gasteiger partial charge on any atom is 0.125 e. The van der Waals surface area contributed by atoms with E-state index in [1.807, 2.05) is 43.3 Å². The lowest BCUT2D eigenvalue weighted by Gasteiger charge is -2.08. The second kappa shape index (κ2) is 3.95. The molecule has 0 aliphatic carbocycles. The third kappa shape index (κ3) is 1.97. The van der Waals surface area contributed by atoms with E-state index in [0.29, 0.717) is 10.6 Å². The van der Waals surface area contributed by atoms with Gasteiger partial charge in [0.1, 0.15) is 5.75 Å². The van der Waals surface area contributed by atoms with Gasteiger partial charge in [-0.1, -0.05) is 41.9 Å². The predicted octanol–water partition coefficient (Wildman–Crippen LogP) is 4.02. The third-order valence-electron chi connectivity index (χ3n) is 2.28. The highest BCUT2D eigenvalue weighted by Crippen LogP contribution is 2.36. The van der Waals surface area contributed by atoms with Crippen molar-refractivity contribution in [1.29, 1.82) is 0 Å². The smallest absolute Gasteiger partial charge is 0.125 e. The lowest BCUT2D eigenvalue weighted by Crippen LogP contribution is -1.82. The van der Waals surface area contributed by atoms with E-state index >= 15 is 0 Å². The van der Waals surface area contributed by atoms with Gasteiger partial charge in [0.05, 0.1) is 5.02 Å². The topological polar surface area (TPSA) is 20.2 Å². The van der Waals surface area contributed by atoms with Gasteiger partial charge in [0.15, 0.2) is 0 Å². The molecule has 0 radical (unpaired) electrons. The first kappa shape index (κ1) is 10.1. The van der Waals surface area contributed by atoms with Crippen LogP contribution in [0.5, 0.6) is 5.75 Å². The summed E-state index contributed by atoms with van der Waals surface area (Å²) in [6, 6.07) is 13.2. The van der Waals surface area contributed by atoms with E-state index in [1.165, 1.54) is 0 Å². The Balaban J connectivity index is 2.64. The molecule has 0 aliphatic heterocycles. The summed E-state index contributed by atoms with van der Waals surface area (Å²) in [6.45, 7) is 1.90. The molecule has 2 aromatic rings. The molecule has 0 amide bonds. The van der Waals surface area contributed by atoms with Gasteiger partial charge < -0.3 is 5.11 Å². The molecule has 0 atom stereocenters. The number of benzene rings is 2. The Kier molecular flexibility index (Phi) is 2.65. The molecule has 2 rings (SSSR count). The minimum absolute atomic E-state index is 0.228. The van der Waals surface area contributed by atoms with Crippen LogP contribution in [0.1, 0.15) is 5.56 Å². The number of halogens is 1. The molecule has 0 bridgehead atoms. The standard InChI is InChI=1S/C13H11ClO/c1-9-7-11(14)13(12(15)8-9)10-5-3-2-4-6-10/h2-8,15H,1H3. The molecule has 1 N–H and O–H groups in total. The minimum atomic E-state index is 0.228. The molecule has 1 nitrogen and oxygen atoms in total. The van der Waals surface area contributed by atoms with Crippen molar-refractivity contribution in [3.05, 3.63) is 53.1 Å². The van der Waals surface area contributed by atoms with Gasteiger partial charge in [-0.3, -0.25) is 0 Å². The largest absolute Gasteiger partial charge is 0.507 e. The van der Waals surface area contributed by atoms with Crippen LogP contribution in [0.4, 0.5) is 0 Å². The lowest BCUT2D eigenvalue weighted by molar-refractivity contribution is 0.477. The van der Waals surface area contributed by atoms with Crippen molar-refractivity contribution in [2.45, 2.75) is 6.92 Å². The van der Waals surface area contributed by atoms with E-state index in [4.69, 9.17) is 11.6 Å². The molecule has 0 fully saturated rings. The first-order valence-electron chi connectivity index (χ1n) is 4.73. The first-order chi connectivity index (χ1) is 7.18. The van der Waals surface area contributed by atoms with Gasteiger partial charge in [-0.25, -0.2) is 0 Å². The normalized spacial score (nSPS) is 10.3. The number of phenolic OH excluding ortho intramolecular Hbond substituents is 1. The molecule has 0 spiro atoms. The predicted molar refractivity (Wildman–Crippen MR) is 63.3 cm³/mol. The Bertz CT molecular complexity index is 454. The molecule has 0 saturated heterocycles. The number of hydrogen-bond acceptors (Lipinski definition) is 1. The van der Waals surface area contributed by atoms with Gasteiger partial charge in [0, 0.05) is 5.56 Å². The van der Waals surface area contributed by atoms with Crippen molar-refractivity contribution in [1.82, 2.24) is 0 Å². The summed E-state index contributed by atoms with van der Waals surface area (Å²) in [5.41, 5.74) is 2.58. The van der Waals surface area contributed by atoms with Crippen molar-refractivity contribution >= 4 is 11.6 Å². The molecule has 0 aromatic heterocycles. The lowest BCUT2D eigenvalue weighted by atomic mass is 10.0. The number of phenols is 1. The van der Waals surface area contributed by atoms with Gasteiger partial charge in [-0.05, 0) is 30.2 Å². The van der Waals surface area contributed by atoms with E-state index in [2.05, 4.69) is 0 Å². The van der Waals surface area contributed by atoms with Gasteiger partial charge in [-0.2, -0.15) is 0 Å².